The number of carbonyl (C=O) groups excluding carboxylic acids is 1. The Labute approximate surface area is 179 Å². The third kappa shape index (κ3) is 4.38. The molecule has 2 aliphatic rings. The molecule has 0 unspecified atom stereocenters. The van der Waals surface area contributed by atoms with Crippen molar-refractivity contribution in [2.75, 3.05) is 19.3 Å². The molecule has 1 aliphatic carbocycles. The van der Waals surface area contributed by atoms with Crippen LogP contribution in [-0.4, -0.2) is 45.7 Å². The van der Waals surface area contributed by atoms with Gasteiger partial charge in [0, 0.05) is 30.6 Å². The summed E-state index contributed by atoms with van der Waals surface area (Å²) in [6.45, 7) is 1.53. The number of nitrogens with one attached hydrogen (secondary N) is 1. The predicted molar refractivity (Wildman–Crippen MR) is 120 cm³/mol. The maximum Gasteiger partial charge on any atom is 0.241 e. The number of imidazole rings is 1. The molecule has 0 spiro atoms. The van der Waals surface area contributed by atoms with Crippen molar-refractivity contribution in [3.8, 4) is 11.3 Å². The highest BCUT2D eigenvalue weighted by atomic mass is 32.1. The van der Waals surface area contributed by atoms with Gasteiger partial charge >= 0.3 is 0 Å². The van der Waals surface area contributed by atoms with E-state index in [1.54, 1.807) is 0 Å². The van der Waals surface area contributed by atoms with Crippen LogP contribution < -0.4 is 5.32 Å². The zero-order chi connectivity index (χ0) is 20.2. The Morgan fingerprint density at radius 3 is 2.66 bits per heavy atom. The number of fused-ring (bicyclic) bond motifs is 1. The van der Waals surface area contributed by atoms with Crippen LogP contribution in [0, 0.1) is 5.92 Å². The first kappa shape index (κ1) is 20.5. The van der Waals surface area contributed by atoms with Crippen molar-refractivity contribution in [3.05, 3.63) is 42.4 Å². The number of hydrogen-bond acceptors (Lipinski definition) is 4. The number of aromatic nitrogens is 2. The largest absolute Gasteiger partial charge is 0.331 e. The smallest absolute Gasteiger partial charge is 0.241 e. The molecule has 1 fully saturated rings. The summed E-state index contributed by atoms with van der Waals surface area (Å²) in [5.74, 6) is 2.38. The van der Waals surface area contributed by atoms with E-state index in [-0.39, 0.29) is 18.0 Å². The van der Waals surface area contributed by atoms with Gasteiger partial charge < -0.3 is 14.8 Å². The summed E-state index contributed by atoms with van der Waals surface area (Å²) in [4.78, 5) is 20.4. The van der Waals surface area contributed by atoms with E-state index in [2.05, 4.69) is 45.7 Å². The number of amides is 1. The van der Waals surface area contributed by atoms with Crippen LogP contribution in [0.3, 0.4) is 0 Å². The molecule has 1 amide bonds. The zero-order valence-electron chi connectivity index (χ0n) is 17.3. The van der Waals surface area contributed by atoms with Crippen LogP contribution in [0.2, 0.25) is 0 Å². The number of rotatable bonds is 6. The Balaban J connectivity index is 1.66. The number of benzene rings is 1. The molecule has 2 heterocycles. The minimum Gasteiger partial charge on any atom is -0.331 e. The van der Waals surface area contributed by atoms with E-state index in [0.29, 0.717) is 11.7 Å². The van der Waals surface area contributed by atoms with E-state index in [4.69, 9.17) is 4.98 Å². The van der Waals surface area contributed by atoms with Gasteiger partial charge in [-0.1, -0.05) is 62.4 Å². The Bertz CT molecular complexity index is 812. The van der Waals surface area contributed by atoms with Crippen molar-refractivity contribution in [2.24, 2.45) is 5.92 Å². The predicted octanol–water partition coefficient (Wildman–Crippen LogP) is 3.92. The molecule has 0 saturated heterocycles. The van der Waals surface area contributed by atoms with E-state index in [9.17, 15) is 4.79 Å². The van der Waals surface area contributed by atoms with Crippen LogP contribution >= 0.6 is 12.6 Å². The molecule has 1 N–H and O–H groups in total. The molecule has 6 heteroatoms. The van der Waals surface area contributed by atoms with Crippen LogP contribution in [0.25, 0.3) is 11.3 Å². The van der Waals surface area contributed by atoms with Crippen molar-refractivity contribution in [2.45, 2.75) is 57.2 Å². The number of nitrogens with zero attached hydrogens (tertiary/aromatic N) is 3. The van der Waals surface area contributed by atoms with Crippen LogP contribution in [0.4, 0.5) is 0 Å². The van der Waals surface area contributed by atoms with Crippen molar-refractivity contribution < 1.29 is 4.79 Å². The highest BCUT2D eigenvalue weighted by molar-refractivity contribution is 7.80. The van der Waals surface area contributed by atoms with Crippen LogP contribution in [-0.2, 0) is 11.3 Å². The van der Waals surface area contributed by atoms with Crippen molar-refractivity contribution >= 4 is 18.5 Å². The second-order valence-electron chi connectivity index (χ2n) is 8.35. The number of carbonyl (C=O) groups is 1. The third-order valence-corrected chi connectivity index (χ3v) is 6.89. The standard InChI is InChI=1S/C23H32N4OS/c1-24-20(16-29)23(28)27-13-12-26-15-19(18-10-6-3-7-11-18)25-22(26)21(27)14-17-8-4-2-5-9-17/h3,6-7,10-11,15,17,20-21,24,29H,2,4-5,8-9,12-14,16H2,1H3/t20-,21-/m0/s1. The fourth-order valence-corrected chi connectivity index (χ4v) is 5.20. The molecule has 2 atom stereocenters. The monoisotopic (exact) mass is 412 g/mol. The van der Waals surface area contributed by atoms with Crippen LogP contribution in [0.15, 0.2) is 36.5 Å². The van der Waals surface area contributed by atoms with Crippen molar-refractivity contribution in [3.63, 3.8) is 0 Å². The van der Waals surface area contributed by atoms with Crippen LogP contribution in [0.1, 0.15) is 50.4 Å². The number of hydrogen-bond donors (Lipinski definition) is 2. The van der Waals surface area contributed by atoms with E-state index in [1.165, 1.54) is 32.1 Å². The molecule has 0 radical (unpaired) electrons. The van der Waals surface area contributed by atoms with Gasteiger partial charge in [0.1, 0.15) is 5.82 Å². The summed E-state index contributed by atoms with van der Waals surface area (Å²) in [5, 5.41) is 3.13. The molecule has 1 aromatic carbocycles. The average Bonchev–Trinajstić information content (AvgIpc) is 3.21. The topological polar surface area (TPSA) is 50.2 Å². The van der Waals surface area contributed by atoms with Gasteiger partial charge in [0.15, 0.2) is 0 Å². The summed E-state index contributed by atoms with van der Waals surface area (Å²) in [5.41, 5.74) is 2.13. The van der Waals surface area contributed by atoms with Gasteiger partial charge in [-0.2, -0.15) is 12.6 Å². The van der Waals surface area contributed by atoms with Gasteiger partial charge in [-0.25, -0.2) is 4.98 Å². The Kier molecular flexibility index (Phi) is 6.60. The maximum atomic E-state index is 13.3. The second-order valence-corrected chi connectivity index (χ2v) is 8.72. The average molecular weight is 413 g/mol. The molecule has 156 valence electrons. The maximum absolute atomic E-state index is 13.3. The minimum absolute atomic E-state index is 0.0487. The first-order chi connectivity index (χ1) is 14.2. The first-order valence-electron chi connectivity index (χ1n) is 10.9. The molecular weight excluding hydrogens is 380 g/mol. The first-order valence-corrected chi connectivity index (χ1v) is 11.6. The molecule has 1 aliphatic heterocycles. The second kappa shape index (κ2) is 9.35. The highest BCUT2D eigenvalue weighted by Crippen LogP contribution is 2.37. The van der Waals surface area contributed by atoms with Gasteiger partial charge in [-0.15, -0.1) is 0 Å². The summed E-state index contributed by atoms with van der Waals surface area (Å²) >= 11 is 4.39. The van der Waals surface area contributed by atoms with E-state index < -0.39 is 0 Å². The van der Waals surface area contributed by atoms with E-state index in [0.717, 1.165) is 36.6 Å². The Morgan fingerprint density at radius 1 is 1.21 bits per heavy atom. The summed E-state index contributed by atoms with van der Waals surface area (Å²) in [7, 11) is 1.84. The fourth-order valence-electron chi connectivity index (χ4n) is 4.86. The molecule has 1 aromatic heterocycles. The van der Waals surface area contributed by atoms with Crippen molar-refractivity contribution in [1.29, 1.82) is 0 Å². The lowest BCUT2D eigenvalue weighted by Crippen LogP contribution is -2.51. The Hall–Kier alpha value is -1.79. The number of thiol groups is 1. The summed E-state index contributed by atoms with van der Waals surface area (Å²) in [6.07, 6.45) is 9.68. The van der Waals surface area contributed by atoms with Crippen LogP contribution in [0.5, 0.6) is 0 Å². The lowest BCUT2D eigenvalue weighted by molar-refractivity contribution is -0.137. The molecule has 4 rings (SSSR count). The molecule has 5 nitrogen and oxygen atoms in total. The van der Waals surface area contributed by atoms with Gasteiger partial charge in [0.2, 0.25) is 5.91 Å². The molecule has 1 saturated carbocycles. The Morgan fingerprint density at radius 2 is 1.97 bits per heavy atom. The molecule has 29 heavy (non-hydrogen) atoms. The van der Waals surface area contributed by atoms with Gasteiger partial charge in [-0.3, -0.25) is 4.79 Å². The highest BCUT2D eigenvalue weighted by Gasteiger charge is 2.36. The lowest BCUT2D eigenvalue weighted by Gasteiger charge is -2.39. The number of likely N-dealkylation sites (N-methyl/N-ethyl adjacent to an activating group) is 1. The third-order valence-electron chi connectivity index (χ3n) is 6.53. The van der Waals surface area contributed by atoms with Gasteiger partial charge in [0.25, 0.3) is 0 Å². The zero-order valence-corrected chi connectivity index (χ0v) is 18.2. The SMILES string of the molecule is CN[C@@H](CS)C(=O)N1CCn2cc(-c3ccccc3)nc2[C@@H]1CC1CCCCC1. The van der Waals surface area contributed by atoms with Gasteiger partial charge in [0.05, 0.1) is 17.8 Å². The van der Waals surface area contributed by atoms with Gasteiger partial charge in [-0.05, 0) is 19.4 Å². The molecular formula is C23H32N4OS. The quantitative estimate of drug-likeness (QED) is 0.707. The normalized spacial score (nSPS) is 21.0. The summed E-state index contributed by atoms with van der Waals surface area (Å²) < 4.78 is 2.27. The molecule has 2 aromatic rings. The molecule has 0 bridgehead atoms. The van der Waals surface area contributed by atoms with E-state index in [1.807, 2.05) is 25.2 Å². The fraction of sp³-hybridized carbons (Fsp3) is 0.565. The van der Waals surface area contributed by atoms with E-state index >= 15 is 0 Å². The van der Waals surface area contributed by atoms with Crippen molar-refractivity contribution in [1.82, 2.24) is 19.8 Å². The minimum atomic E-state index is -0.248. The summed E-state index contributed by atoms with van der Waals surface area (Å²) in [6, 6.07) is 10.1. The lowest BCUT2D eigenvalue weighted by atomic mass is 9.84.